The van der Waals surface area contributed by atoms with Gasteiger partial charge in [0.2, 0.25) is 5.91 Å². The van der Waals surface area contributed by atoms with Crippen molar-refractivity contribution in [2.75, 3.05) is 20.8 Å². The zero-order valence-corrected chi connectivity index (χ0v) is 10.1. The molecule has 1 amide bonds. The SMILES string of the molecule is C=CC(=O)NCCCC[SiH](OC)OC. The molecule has 0 spiro atoms. The lowest BCUT2D eigenvalue weighted by Gasteiger charge is -2.10. The number of carbonyl (C=O) groups excluding carboxylic acids is 1. The van der Waals surface area contributed by atoms with Crippen molar-refractivity contribution in [3.8, 4) is 0 Å². The highest BCUT2D eigenvalue weighted by molar-refractivity contribution is 6.44. The molecule has 0 aromatic rings. The van der Waals surface area contributed by atoms with Gasteiger partial charge < -0.3 is 14.2 Å². The molecule has 0 atom stereocenters. The van der Waals surface area contributed by atoms with Gasteiger partial charge in [-0.15, -0.1) is 0 Å². The monoisotopic (exact) mass is 217 g/mol. The lowest BCUT2D eigenvalue weighted by Crippen LogP contribution is -2.23. The highest BCUT2D eigenvalue weighted by Crippen LogP contribution is 2.01. The summed E-state index contributed by atoms with van der Waals surface area (Å²) in [5.41, 5.74) is 0. The molecule has 0 saturated carbocycles. The summed E-state index contributed by atoms with van der Waals surface area (Å²) in [6.07, 6.45) is 3.26. The molecule has 0 fully saturated rings. The largest absolute Gasteiger partial charge is 0.400 e. The average Bonchev–Trinajstić information content (AvgIpc) is 2.23. The van der Waals surface area contributed by atoms with E-state index in [-0.39, 0.29) is 5.91 Å². The molecule has 14 heavy (non-hydrogen) atoms. The number of unbranched alkanes of at least 4 members (excludes halogenated alkanes) is 1. The van der Waals surface area contributed by atoms with Crippen molar-refractivity contribution < 1.29 is 13.6 Å². The first kappa shape index (κ1) is 13.3. The van der Waals surface area contributed by atoms with Crippen LogP contribution >= 0.6 is 0 Å². The third kappa shape index (κ3) is 6.82. The van der Waals surface area contributed by atoms with Crippen molar-refractivity contribution in [1.82, 2.24) is 5.32 Å². The van der Waals surface area contributed by atoms with E-state index in [4.69, 9.17) is 8.85 Å². The number of hydrogen-bond donors (Lipinski definition) is 1. The molecule has 0 bridgehead atoms. The van der Waals surface area contributed by atoms with Crippen molar-refractivity contribution in [3.63, 3.8) is 0 Å². The van der Waals surface area contributed by atoms with Gasteiger partial charge in [-0.3, -0.25) is 4.79 Å². The fraction of sp³-hybridized carbons (Fsp3) is 0.667. The van der Waals surface area contributed by atoms with Gasteiger partial charge in [-0.05, 0) is 25.0 Å². The van der Waals surface area contributed by atoms with Gasteiger partial charge in [-0.2, -0.15) is 0 Å². The second-order valence-corrected chi connectivity index (χ2v) is 5.27. The van der Waals surface area contributed by atoms with Crippen LogP contribution in [0.1, 0.15) is 12.8 Å². The first-order valence-corrected chi connectivity index (χ1v) is 6.46. The quantitative estimate of drug-likeness (QED) is 0.367. The van der Waals surface area contributed by atoms with Crippen molar-refractivity contribution in [2.24, 2.45) is 0 Å². The third-order valence-corrected chi connectivity index (χ3v) is 3.81. The Bertz CT molecular complexity index is 171. The molecule has 0 saturated heterocycles. The summed E-state index contributed by atoms with van der Waals surface area (Å²) in [7, 11) is 1.96. The van der Waals surface area contributed by atoms with Crippen LogP contribution in [0.15, 0.2) is 12.7 Å². The van der Waals surface area contributed by atoms with Crippen LogP contribution in [-0.4, -0.2) is 36.0 Å². The molecule has 0 radical (unpaired) electrons. The van der Waals surface area contributed by atoms with Crippen LogP contribution in [0.2, 0.25) is 6.04 Å². The second-order valence-electron chi connectivity index (χ2n) is 2.89. The molecule has 5 heteroatoms. The van der Waals surface area contributed by atoms with Gasteiger partial charge in [-0.25, -0.2) is 0 Å². The summed E-state index contributed by atoms with van der Waals surface area (Å²) < 4.78 is 10.3. The van der Waals surface area contributed by atoms with E-state index in [2.05, 4.69) is 11.9 Å². The molecule has 82 valence electrons. The highest BCUT2D eigenvalue weighted by Gasteiger charge is 2.07. The Kier molecular flexibility index (Phi) is 8.51. The molecule has 0 unspecified atom stereocenters. The highest BCUT2D eigenvalue weighted by atomic mass is 28.3. The van der Waals surface area contributed by atoms with Crippen LogP contribution in [0.3, 0.4) is 0 Å². The Morgan fingerprint density at radius 2 is 2.07 bits per heavy atom. The Morgan fingerprint density at radius 1 is 1.43 bits per heavy atom. The van der Waals surface area contributed by atoms with Crippen LogP contribution < -0.4 is 5.32 Å². The maximum Gasteiger partial charge on any atom is 0.320 e. The van der Waals surface area contributed by atoms with Gasteiger partial charge in [0, 0.05) is 20.8 Å². The summed E-state index contributed by atoms with van der Waals surface area (Å²) in [6.45, 7) is 4.06. The Labute approximate surface area is 87.1 Å². The minimum absolute atomic E-state index is 0.114. The van der Waals surface area contributed by atoms with Crippen LogP contribution in [-0.2, 0) is 13.6 Å². The van der Waals surface area contributed by atoms with Crippen LogP contribution in [0.5, 0.6) is 0 Å². The molecule has 0 aromatic heterocycles. The molecule has 0 aliphatic heterocycles. The number of hydrogen-bond acceptors (Lipinski definition) is 3. The topological polar surface area (TPSA) is 47.6 Å². The number of carbonyl (C=O) groups is 1. The van der Waals surface area contributed by atoms with Crippen molar-refractivity contribution >= 4 is 15.2 Å². The molecule has 0 aliphatic rings. The van der Waals surface area contributed by atoms with Crippen molar-refractivity contribution in [2.45, 2.75) is 18.9 Å². The molecule has 0 rings (SSSR count). The predicted octanol–water partition coefficient (Wildman–Crippen LogP) is 0.582. The van der Waals surface area contributed by atoms with Gasteiger partial charge >= 0.3 is 9.28 Å². The van der Waals surface area contributed by atoms with Gasteiger partial charge in [0.15, 0.2) is 0 Å². The summed E-state index contributed by atoms with van der Waals surface area (Å²) in [5.74, 6) is -0.114. The zero-order chi connectivity index (χ0) is 10.8. The van der Waals surface area contributed by atoms with E-state index >= 15 is 0 Å². The molecule has 0 aromatic carbocycles. The first-order chi connectivity index (χ1) is 6.74. The molecular weight excluding hydrogens is 198 g/mol. The van der Waals surface area contributed by atoms with Crippen molar-refractivity contribution in [1.29, 1.82) is 0 Å². The zero-order valence-electron chi connectivity index (χ0n) is 8.91. The molecule has 1 N–H and O–H groups in total. The normalized spacial score (nSPS) is 10.2. The summed E-state index contributed by atoms with van der Waals surface area (Å²) in [6, 6.07) is 0.983. The predicted molar refractivity (Wildman–Crippen MR) is 58.4 cm³/mol. The third-order valence-electron chi connectivity index (χ3n) is 1.88. The standard InChI is InChI=1S/C9H19NO3Si/c1-4-9(11)10-7-5-6-8-14(12-2)13-3/h4,14H,1,5-8H2,2-3H3,(H,10,11). The van der Waals surface area contributed by atoms with E-state index in [1.165, 1.54) is 6.08 Å². The van der Waals surface area contributed by atoms with E-state index in [1.807, 2.05) is 0 Å². The van der Waals surface area contributed by atoms with Crippen LogP contribution in [0, 0.1) is 0 Å². The smallest absolute Gasteiger partial charge is 0.320 e. The second kappa shape index (κ2) is 8.92. The maximum atomic E-state index is 10.8. The maximum absolute atomic E-state index is 10.8. The lowest BCUT2D eigenvalue weighted by atomic mass is 10.3. The number of amides is 1. The van der Waals surface area contributed by atoms with Gasteiger partial charge in [0.1, 0.15) is 0 Å². The van der Waals surface area contributed by atoms with Gasteiger partial charge in [0.05, 0.1) is 0 Å². The van der Waals surface area contributed by atoms with E-state index in [0.29, 0.717) is 6.54 Å². The van der Waals surface area contributed by atoms with E-state index in [9.17, 15) is 4.79 Å². The first-order valence-electron chi connectivity index (χ1n) is 4.70. The summed E-state index contributed by atoms with van der Waals surface area (Å²) in [4.78, 5) is 10.8. The fourth-order valence-electron chi connectivity index (χ4n) is 1.05. The van der Waals surface area contributed by atoms with Gasteiger partial charge in [0.25, 0.3) is 0 Å². The summed E-state index contributed by atoms with van der Waals surface area (Å²) in [5, 5.41) is 2.72. The van der Waals surface area contributed by atoms with E-state index in [0.717, 1.165) is 18.9 Å². The lowest BCUT2D eigenvalue weighted by molar-refractivity contribution is -0.116. The summed E-state index contributed by atoms with van der Waals surface area (Å²) >= 11 is 0. The molecule has 0 aliphatic carbocycles. The minimum atomic E-state index is -1.40. The molecular formula is C9H19NO3Si. The number of rotatable bonds is 8. The Hall–Kier alpha value is -0.653. The Morgan fingerprint density at radius 3 is 2.57 bits per heavy atom. The molecule has 4 nitrogen and oxygen atoms in total. The Balaban J connectivity index is 3.28. The van der Waals surface area contributed by atoms with Crippen LogP contribution in [0.25, 0.3) is 0 Å². The van der Waals surface area contributed by atoms with E-state index < -0.39 is 9.28 Å². The number of nitrogens with one attached hydrogen (secondary N) is 1. The van der Waals surface area contributed by atoms with Crippen molar-refractivity contribution in [3.05, 3.63) is 12.7 Å². The fourth-order valence-corrected chi connectivity index (χ4v) is 2.34. The average molecular weight is 217 g/mol. The van der Waals surface area contributed by atoms with Crippen LogP contribution in [0.4, 0.5) is 0 Å². The van der Waals surface area contributed by atoms with Gasteiger partial charge in [-0.1, -0.05) is 6.58 Å². The minimum Gasteiger partial charge on any atom is -0.400 e. The molecule has 0 heterocycles. The van der Waals surface area contributed by atoms with E-state index in [1.54, 1.807) is 14.2 Å².